The summed E-state index contributed by atoms with van der Waals surface area (Å²) in [5, 5.41) is 0. The van der Waals surface area contributed by atoms with Crippen LogP contribution in [0.1, 0.15) is 0 Å². The molecule has 0 aliphatic carbocycles. The predicted octanol–water partition coefficient (Wildman–Crippen LogP) is -1.09. The molecule has 9 heavy (non-hydrogen) atoms. The molecule has 7 heteroatoms. The van der Waals surface area contributed by atoms with Gasteiger partial charge in [0, 0.05) is 0 Å². The molecule has 0 aromatic carbocycles. The molecular formula is C2H7AsO5S. The summed E-state index contributed by atoms with van der Waals surface area (Å²) in [5.74, 6) is 0. The Morgan fingerprint density at radius 1 is 1.56 bits per heavy atom. The number of hydrogen-bond acceptors (Lipinski definition) is 3. The van der Waals surface area contributed by atoms with Crippen LogP contribution in [0.15, 0.2) is 0 Å². The molecule has 0 amide bonds. The van der Waals surface area contributed by atoms with Gasteiger partial charge >= 0.3 is 55.0 Å². The van der Waals surface area contributed by atoms with E-state index in [4.69, 9.17) is 8.65 Å². The van der Waals surface area contributed by atoms with Gasteiger partial charge in [0.1, 0.15) is 0 Å². The van der Waals surface area contributed by atoms with Crippen molar-refractivity contribution in [2.24, 2.45) is 0 Å². The quantitative estimate of drug-likeness (QED) is 0.453. The van der Waals surface area contributed by atoms with Crippen LogP contribution in [-0.2, 0) is 13.9 Å². The summed E-state index contributed by atoms with van der Waals surface area (Å²) in [6.45, 7) is 0. The summed E-state index contributed by atoms with van der Waals surface area (Å²) in [5.41, 5.74) is 0.923. The van der Waals surface area contributed by atoms with E-state index in [-0.39, 0.29) is 0 Å². The van der Waals surface area contributed by atoms with E-state index in [1.54, 1.807) is 0 Å². The van der Waals surface area contributed by atoms with E-state index in [0.717, 1.165) is 5.71 Å². The van der Waals surface area contributed by atoms with Crippen molar-refractivity contribution in [1.82, 2.24) is 0 Å². The van der Waals surface area contributed by atoms with Gasteiger partial charge in [-0.1, -0.05) is 0 Å². The van der Waals surface area contributed by atoms with Gasteiger partial charge in [0.2, 0.25) is 0 Å². The zero-order valence-electron chi connectivity index (χ0n) is 4.68. The van der Waals surface area contributed by atoms with Gasteiger partial charge in [-0.25, -0.2) is 0 Å². The predicted molar refractivity (Wildman–Crippen MR) is 30.9 cm³/mol. The average Bonchev–Trinajstić information content (AvgIpc) is 1.14. The Balaban J connectivity index is 4.26. The van der Waals surface area contributed by atoms with Gasteiger partial charge in [-0.2, -0.15) is 0 Å². The zero-order chi connectivity index (χ0) is 7.71. The molecule has 0 aliphatic heterocycles. The van der Waals surface area contributed by atoms with Crippen molar-refractivity contribution >= 4 is 23.9 Å². The monoisotopic (exact) mass is 218 g/mol. The Morgan fingerprint density at radius 2 is 1.89 bits per heavy atom. The van der Waals surface area contributed by atoms with Crippen LogP contribution in [0.3, 0.4) is 0 Å². The molecule has 0 saturated carbocycles. The molecule has 0 rings (SSSR count). The normalized spacial score (nSPS) is 19.0. The Kier molecular flexibility index (Phi) is 2.52. The van der Waals surface area contributed by atoms with E-state index in [1.165, 1.54) is 0 Å². The summed E-state index contributed by atoms with van der Waals surface area (Å²) in [6, 6.07) is 0. The minimum atomic E-state index is -4.27. The molecule has 0 heterocycles. The summed E-state index contributed by atoms with van der Waals surface area (Å²) in [4.78, 5) is 0. The van der Waals surface area contributed by atoms with Gasteiger partial charge < -0.3 is 0 Å². The fourth-order valence-electron chi connectivity index (χ4n) is 0.303. The molecule has 1 atom stereocenters. The zero-order valence-corrected chi connectivity index (χ0v) is 7.37. The molecule has 56 valence electrons. The molecule has 0 spiro atoms. The molecule has 5 nitrogen and oxygen atoms in total. The first-order chi connectivity index (χ1) is 3.71. The topological polar surface area (TPSA) is 91.7 Å². The first-order valence-corrected chi connectivity index (χ1v) is 8.37. The summed E-state index contributed by atoms with van der Waals surface area (Å²) < 4.78 is 45.5. The molecule has 0 saturated heterocycles. The van der Waals surface area contributed by atoms with Gasteiger partial charge in [-0.3, -0.25) is 0 Å². The van der Waals surface area contributed by atoms with Gasteiger partial charge in [0.05, 0.1) is 0 Å². The third-order valence-corrected chi connectivity index (χ3v) is 6.28. The maximum absolute atomic E-state index is 10.3. The van der Waals surface area contributed by atoms with Crippen molar-refractivity contribution in [3.63, 3.8) is 0 Å². The van der Waals surface area contributed by atoms with Gasteiger partial charge in [-0.15, -0.1) is 0 Å². The van der Waals surface area contributed by atoms with E-state index in [2.05, 4.69) is 0 Å². The molecule has 0 bridgehead atoms. The molecular weight excluding hydrogens is 211 g/mol. The van der Waals surface area contributed by atoms with Crippen LogP contribution in [0.25, 0.3) is 0 Å². The molecule has 0 fully saturated rings. The average molecular weight is 218 g/mol. The van der Waals surface area contributed by atoms with Crippen LogP contribution in [0.4, 0.5) is 0 Å². The fraction of sp³-hybridized carbons (Fsp3) is 1.00. The molecule has 1 unspecified atom stereocenters. The Hall–Kier alpha value is 0.228. The molecule has 2 N–H and O–H groups in total. The Morgan fingerprint density at radius 3 is 1.89 bits per heavy atom. The Bertz CT molecular complexity index is 221. The van der Waals surface area contributed by atoms with Crippen LogP contribution >= 0.6 is 0 Å². The third kappa shape index (κ3) is 8.23. The van der Waals surface area contributed by atoms with E-state index >= 15 is 0 Å². The maximum atomic E-state index is 10.3. The van der Waals surface area contributed by atoms with Gasteiger partial charge in [-0.05, 0) is 0 Å². The third-order valence-electron chi connectivity index (χ3n) is 0.403. The summed E-state index contributed by atoms with van der Waals surface area (Å²) in [6.07, 6.45) is 0. The van der Waals surface area contributed by atoms with E-state index in [0.29, 0.717) is 0 Å². The second-order valence-corrected chi connectivity index (χ2v) is 9.22. The SMILES string of the molecule is C[As](=O)(O)CS(=O)(=O)O. The first-order valence-electron chi connectivity index (χ1n) is 1.95. The van der Waals surface area contributed by atoms with Crippen molar-refractivity contribution in [2.45, 2.75) is 5.71 Å². The number of hydrogen-bond donors (Lipinski definition) is 2. The summed E-state index contributed by atoms with van der Waals surface area (Å²) in [7, 11) is -4.27. The van der Waals surface area contributed by atoms with E-state index in [1.807, 2.05) is 0 Å². The van der Waals surface area contributed by atoms with Crippen LogP contribution in [-0.4, -0.2) is 35.4 Å². The fourth-order valence-corrected chi connectivity index (χ4v) is 4.72. The van der Waals surface area contributed by atoms with Crippen LogP contribution < -0.4 is 0 Å². The summed E-state index contributed by atoms with van der Waals surface area (Å²) >= 11 is -4.18. The molecule has 0 aromatic rings. The minimum absolute atomic E-state index is 0.923. The first kappa shape index (κ1) is 9.23. The van der Waals surface area contributed by atoms with Crippen molar-refractivity contribution < 1.29 is 20.8 Å². The van der Waals surface area contributed by atoms with Crippen molar-refractivity contribution in [3.05, 3.63) is 0 Å². The Labute approximate surface area is 55.5 Å². The van der Waals surface area contributed by atoms with Gasteiger partial charge in [0.15, 0.2) is 0 Å². The van der Waals surface area contributed by atoms with Crippen LogP contribution in [0, 0.1) is 0 Å². The number of rotatable bonds is 2. The van der Waals surface area contributed by atoms with Crippen molar-refractivity contribution in [1.29, 1.82) is 0 Å². The standard InChI is InChI=1S/C2H7AsO5S/c1-3(4,5)2-9(6,7)8/h2H2,1H3,(H,4,5)(H,6,7,8). The van der Waals surface area contributed by atoms with Crippen molar-refractivity contribution in [2.75, 3.05) is 4.54 Å². The molecule has 0 radical (unpaired) electrons. The second-order valence-electron chi connectivity index (χ2n) is 1.76. The van der Waals surface area contributed by atoms with Gasteiger partial charge in [0.25, 0.3) is 0 Å². The van der Waals surface area contributed by atoms with Crippen molar-refractivity contribution in [3.8, 4) is 0 Å². The molecule has 0 aliphatic rings. The second kappa shape index (κ2) is 2.46. The van der Waals surface area contributed by atoms with Crippen LogP contribution in [0.5, 0.6) is 0 Å². The van der Waals surface area contributed by atoms with Crippen LogP contribution in [0.2, 0.25) is 5.71 Å². The molecule has 0 aromatic heterocycles. The van der Waals surface area contributed by atoms with E-state index < -0.39 is 28.5 Å². The van der Waals surface area contributed by atoms with E-state index in [9.17, 15) is 12.2 Å².